The zero-order valence-corrected chi connectivity index (χ0v) is 15.9. The highest BCUT2D eigenvalue weighted by molar-refractivity contribution is 7.91. The lowest BCUT2D eigenvalue weighted by molar-refractivity contribution is 0.102. The van der Waals surface area contributed by atoms with Crippen molar-refractivity contribution in [1.82, 2.24) is 0 Å². The smallest absolute Gasteiger partial charge is 0.255 e. The maximum Gasteiger partial charge on any atom is 0.255 e. The van der Waals surface area contributed by atoms with Gasteiger partial charge in [-0.05, 0) is 47.9 Å². The number of hydrogen-bond acceptors (Lipinski definition) is 3. The number of rotatable bonds is 6. The van der Waals surface area contributed by atoms with Crippen LogP contribution in [0.3, 0.4) is 0 Å². The van der Waals surface area contributed by atoms with Crippen molar-refractivity contribution in [3.63, 3.8) is 0 Å². The second kappa shape index (κ2) is 8.18. The predicted octanol–water partition coefficient (Wildman–Crippen LogP) is 4.32. The Kier molecular flexibility index (Phi) is 5.72. The second-order valence-electron chi connectivity index (χ2n) is 6.20. The standard InChI is InChI=1S/C22H21NO3S/c1-2-27(25,26)20-14-12-19(13-15-20)23-22(24)21-11-7-6-10-18(21)16-17-8-4-3-5-9-17/h3-15H,2,16H2,1H3,(H,23,24). The molecule has 27 heavy (non-hydrogen) atoms. The number of nitrogens with one attached hydrogen (secondary N) is 1. The lowest BCUT2D eigenvalue weighted by Crippen LogP contribution is -2.14. The van der Waals surface area contributed by atoms with Crippen LogP contribution in [0.25, 0.3) is 0 Å². The Balaban J connectivity index is 1.79. The Morgan fingerprint density at radius 1 is 0.852 bits per heavy atom. The number of anilines is 1. The first-order valence-electron chi connectivity index (χ1n) is 8.75. The largest absolute Gasteiger partial charge is 0.322 e. The molecule has 0 saturated heterocycles. The van der Waals surface area contributed by atoms with Gasteiger partial charge in [0, 0.05) is 11.3 Å². The molecule has 0 aromatic heterocycles. The molecule has 0 unspecified atom stereocenters. The highest BCUT2D eigenvalue weighted by Gasteiger charge is 2.14. The average molecular weight is 379 g/mol. The molecule has 0 bridgehead atoms. The van der Waals surface area contributed by atoms with Gasteiger partial charge in [-0.2, -0.15) is 0 Å². The minimum absolute atomic E-state index is 0.0472. The van der Waals surface area contributed by atoms with Gasteiger partial charge < -0.3 is 5.32 Å². The molecule has 0 saturated carbocycles. The molecule has 0 spiro atoms. The van der Waals surface area contributed by atoms with Crippen LogP contribution >= 0.6 is 0 Å². The Morgan fingerprint density at radius 3 is 2.15 bits per heavy atom. The second-order valence-corrected chi connectivity index (χ2v) is 8.48. The molecule has 4 nitrogen and oxygen atoms in total. The summed E-state index contributed by atoms with van der Waals surface area (Å²) in [5.41, 5.74) is 3.23. The van der Waals surface area contributed by atoms with E-state index in [0.717, 1.165) is 11.1 Å². The van der Waals surface area contributed by atoms with Crippen molar-refractivity contribution in [2.75, 3.05) is 11.1 Å². The first-order valence-corrected chi connectivity index (χ1v) is 10.4. The van der Waals surface area contributed by atoms with Gasteiger partial charge in [-0.15, -0.1) is 0 Å². The van der Waals surface area contributed by atoms with Crippen LogP contribution in [0.2, 0.25) is 0 Å². The maximum atomic E-state index is 12.7. The van der Waals surface area contributed by atoms with E-state index in [1.165, 1.54) is 12.1 Å². The van der Waals surface area contributed by atoms with Crippen molar-refractivity contribution in [1.29, 1.82) is 0 Å². The number of hydrogen-bond donors (Lipinski definition) is 1. The number of amides is 1. The SMILES string of the molecule is CCS(=O)(=O)c1ccc(NC(=O)c2ccccc2Cc2ccccc2)cc1. The molecule has 0 heterocycles. The minimum atomic E-state index is -3.25. The monoisotopic (exact) mass is 379 g/mol. The van der Waals surface area contributed by atoms with Gasteiger partial charge in [0.2, 0.25) is 0 Å². The zero-order valence-electron chi connectivity index (χ0n) is 15.1. The minimum Gasteiger partial charge on any atom is -0.322 e. The third-order valence-electron chi connectivity index (χ3n) is 4.35. The van der Waals surface area contributed by atoms with E-state index in [4.69, 9.17) is 0 Å². The quantitative estimate of drug-likeness (QED) is 0.694. The van der Waals surface area contributed by atoms with E-state index >= 15 is 0 Å². The molecule has 3 aromatic carbocycles. The van der Waals surface area contributed by atoms with E-state index in [0.29, 0.717) is 17.7 Å². The third kappa shape index (κ3) is 4.63. The molecule has 0 aliphatic heterocycles. The Morgan fingerprint density at radius 2 is 1.48 bits per heavy atom. The lowest BCUT2D eigenvalue weighted by atomic mass is 9.99. The van der Waals surface area contributed by atoms with Crippen LogP contribution in [0.4, 0.5) is 5.69 Å². The van der Waals surface area contributed by atoms with E-state index in [2.05, 4.69) is 5.32 Å². The van der Waals surface area contributed by atoms with Crippen LogP contribution in [0.1, 0.15) is 28.4 Å². The van der Waals surface area contributed by atoms with E-state index < -0.39 is 9.84 Å². The van der Waals surface area contributed by atoms with Crippen LogP contribution in [0.15, 0.2) is 83.8 Å². The van der Waals surface area contributed by atoms with Crippen molar-refractivity contribution in [2.45, 2.75) is 18.2 Å². The molecule has 0 aliphatic rings. The summed E-state index contributed by atoms with van der Waals surface area (Å²) >= 11 is 0. The molecule has 5 heteroatoms. The van der Waals surface area contributed by atoms with Crippen molar-refractivity contribution in [3.8, 4) is 0 Å². The predicted molar refractivity (Wildman–Crippen MR) is 108 cm³/mol. The molecule has 138 valence electrons. The summed E-state index contributed by atoms with van der Waals surface area (Å²) in [5, 5.41) is 2.85. The summed E-state index contributed by atoms with van der Waals surface area (Å²) in [7, 11) is -3.25. The normalized spacial score (nSPS) is 11.1. The van der Waals surface area contributed by atoms with Gasteiger partial charge in [0.15, 0.2) is 9.84 Å². The summed E-state index contributed by atoms with van der Waals surface area (Å²) in [6.07, 6.45) is 0.665. The van der Waals surface area contributed by atoms with Crippen molar-refractivity contribution in [3.05, 3.63) is 95.6 Å². The summed E-state index contributed by atoms with van der Waals surface area (Å²) in [6, 6.07) is 23.7. The van der Waals surface area contributed by atoms with Crippen LogP contribution in [-0.4, -0.2) is 20.1 Å². The molecule has 1 N–H and O–H groups in total. The van der Waals surface area contributed by atoms with E-state index in [-0.39, 0.29) is 16.6 Å². The molecular weight excluding hydrogens is 358 g/mol. The molecular formula is C22H21NO3S. The van der Waals surface area contributed by atoms with E-state index in [9.17, 15) is 13.2 Å². The molecule has 0 fully saturated rings. The fourth-order valence-electron chi connectivity index (χ4n) is 2.82. The topological polar surface area (TPSA) is 63.2 Å². The van der Waals surface area contributed by atoms with Gasteiger partial charge in [-0.1, -0.05) is 55.5 Å². The number of carbonyl (C=O) groups is 1. The Hall–Kier alpha value is -2.92. The fraction of sp³-hybridized carbons (Fsp3) is 0.136. The molecule has 3 rings (SSSR count). The lowest BCUT2D eigenvalue weighted by Gasteiger charge is -2.11. The van der Waals surface area contributed by atoms with Crippen molar-refractivity contribution >= 4 is 21.4 Å². The highest BCUT2D eigenvalue weighted by Crippen LogP contribution is 2.19. The summed E-state index contributed by atoms with van der Waals surface area (Å²) < 4.78 is 23.8. The molecule has 0 atom stereocenters. The van der Waals surface area contributed by atoms with Crippen molar-refractivity contribution in [2.24, 2.45) is 0 Å². The Labute approximate surface area is 159 Å². The zero-order chi connectivity index (χ0) is 19.3. The molecule has 1 amide bonds. The van der Waals surface area contributed by atoms with Crippen LogP contribution in [-0.2, 0) is 16.3 Å². The third-order valence-corrected chi connectivity index (χ3v) is 6.10. The Bertz CT molecular complexity index is 1030. The van der Waals surface area contributed by atoms with Crippen LogP contribution in [0, 0.1) is 0 Å². The van der Waals surface area contributed by atoms with E-state index in [1.807, 2.05) is 48.5 Å². The number of carbonyl (C=O) groups excluding carboxylic acids is 1. The van der Waals surface area contributed by atoms with Crippen molar-refractivity contribution < 1.29 is 13.2 Å². The van der Waals surface area contributed by atoms with Crippen LogP contribution < -0.4 is 5.32 Å². The molecule has 3 aromatic rings. The van der Waals surface area contributed by atoms with Gasteiger partial charge in [0.05, 0.1) is 10.6 Å². The summed E-state index contributed by atoms with van der Waals surface area (Å²) in [6.45, 7) is 1.61. The van der Waals surface area contributed by atoms with Crippen LogP contribution in [0.5, 0.6) is 0 Å². The number of sulfone groups is 1. The number of benzene rings is 3. The van der Waals surface area contributed by atoms with Gasteiger partial charge in [0.1, 0.15) is 0 Å². The first-order chi connectivity index (χ1) is 13.0. The summed E-state index contributed by atoms with van der Waals surface area (Å²) in [5.74, 6) is -0.168. The summed E-state index contributed by atoms with van der Waals surface area (Å²) in [4.78, 5) is 13.0. The maximum absolute atomic E-state index is 12.7. The van der Waals surface area contributed by atoms with Gasteiger partial charge >= 0.3 is 0 Å². The molecule has 0 radical (unpaired) electrons. The van der Waals surface area contributed by atoms with Gasteiger partial charge in [-0.25, -0.2) is 8.42 Å². The van der Waals surface area contributed by atoms with Gasteiger partial charge in [0.25, 0.3) is 5.91 Å². The van der Waals surface area contributed by atoms with Gasteiger partial charge in [-0.3, -0.25) is 4.79 Å². The fourth-order valence-corrected chi connectivity index (χ4v) is 3.71. The van der Waals surface area contributed by atoms with E-state index in [1.54, 1.807) is 25.1 Å². The highest BCUT2D eigenvalue weighted by atomic mass is 32.2. The average Bonchev–Trinajstić information content (AvgIpc) is 2.69. The molecule has 0 aliphatic carbocycles. The first kappa shape index (κ1) is 18.9.